The van der Waals surface area contributed by atoms with E-state index in [0.29, 0.717) is 114 Å². The van der Waals surface area contributed by atoms with Gasteiger partial charge in [0.15, 0.2) is 0 Å². The van der Waals surface area contributed by atoms with Crippen molar-refractivity contribution in [1.29, 1.82) is 0 Å². The summed E-state index contributed by atoms with van der Waals surface area (Å²) in [6, 6.07) is 36.0. The zero-order chi connectivity index (χ0) is 80.0. The van der Waals surface area contributed by atoms with Gasteiger partial charge in [-0.1, -0.05) is 125 Å². The van der Waals surface area contributed by atoms with Gasteiger partial charge in [-0.05, 0) is 197 Å². The van der Waals surface area contributed by atoms with Crippen LogP contribution in [-0.4, -0.2) is 189 Å². The van der Waals surface area contributed by atoms with Gasteiger partial charge in [-0.25, -0.2) is 0 Å². The molecule has 6 aliphatic carbocycles. The summed E-state index contributed by atoms with van der Waals surface area (Å²) in [5.74, 6) is 2.01. The Morgan fingerprint density at radius 3 is 1.41 bits per heavy atom. The predicted octanol–water partition coefficient (Wildman–Crippen LogP) is 9.89. The van der Waals surface area contributed by atoms with Gasteiger partial charge < -0.3 is 71.0 Å². The summed E-state index contributed by atoms with van der Waals surface area (Å²) >= 11 is 16.6. The second-order valence-corrected chi connectivity index (χ2v) is 34.1. The van der Waals surface area contributed by atoms with E-state index < -0.39 is 55.5 Å². The van der Waals surface area contributed by atoms with E-state index >= 15 is 0 Å². The first-order chi connectivity index (χ1) is 52.2. The number of methoxy groups -OCH3 is 2. The summed E-state index contributed by atoms with van der Waals surface area (Å²) in [5, 5.41) is 77.2. The Labute approximate surface area is 667 Å². The maximum absolute atomic E-state index is 14.3. The van der Waals surface area contributed by atoms with Crippen LogP contribution in [0.15, 0.2) is 126 Å². The van der Waals surface area contributed by atoms with E-state index in [2.05, 4.69) is 78.7 Å². The number of ether oxygens (including phenoxy) is 2. The van der Waals surface area contributed by atoms with Crippen molar-refractivity contribution in [2.45, 2.75) is 156 Å². The standard InChI is InChI=1S/C42H55ClN4O6.C25H36BrClN2O5.C17H21BN2O3/c1-24-34-19-30(42(34,3)4)20-35(24)45-41(51)38-37(25(2)49)36(23-48)53-47(38)22-29-16-31(43)21-33(39(29)52-7)27-15-28(18-32(17-27)46(5)6)40(50)44-14-13-26-11-9-8-10-12-26;1-12-17-7-15(25(17,3)4)8-19(12)28-24(32)22-21(13(2)31)20(11-30)34-29(22)10-14-6-16(27)9-18(26)23(14)33-5;1-20(2)16-11-14(10-15(12-16)18(22)23)17(21)19-9-8-13-6-4-3-5-7-13/h8-12,15-18,21,24-25,30,34-38,48-49H,13-14,19-20,22-23H2,1-7H3,(H,44,50)(H,45,51);6,9,12-13,15,17,19-22,30-31H,7-8,10-11H2,1-5H3,(H,28,32);3-7,10-12,22-23H,8-9H2,1-2H3,(H,19,21)/t24-,25-,30+,34-,35-,36-,37+,38-;12-,13-,15+,17-,19-,20-,21+,22-;/m00./s1. The third-order valence-electron chi connectivity index (χ3n) is 24.5. The molecule has 8 aliphatic rings. The number of carbonyl (C=O) groups excluding carboxylic acids is 4. The third-order valence-corrected chi connectivity index (χ3v) is 25.5. The first kappa shape index (κ1) is 85.6. The summed E-state index contributed by atoms with van der Waals surface area (Å²) in [6.07, 6.45) is 2.50. The molecular weight excluding hydrogens is 1510 g/mol. The van der Waals surface area contributed by atoms with E-state index in [1.807, 2.05) is 117 Å². The van der Waals surface area contributed by atoms with Crippen LogP contribution in [-0.2, 0) is 45.2 Å². The van der Waals surface area contributed by atoms with Crippen LogP contribution < -0.4 is 46.0 Å². The number of hydrogen-bond donors (Lipinski definition) is 10. The molecule has 2 aliphatic heterocycles. The molecule has 0 aromatic heterocycles. The first-order valence-corrected chi connectivity index (χ1v) is 39.8. The second-order valence-electron chi connectivity index (χ2n) is 32.4. The van der Waals surface area contributed by atoms with Crippen molar-refractivity contribution in [3.05, 3.63) is 169 Å². The van der Waals surface area contributed by atoms with Crippen LogP contribution in [0.1, 0.15) is 124 Å². The van der Waals surface area contributed by atoms with E-state index in [1.165, 1.54) is 18.9 Å². The highest BCUT2D eigenvalue weighted by atomic mass is 79.9. The largest absolute Gasteiger partial charge is 0.496 e. The first-order valence-electron chi connectivity index (χ1n) is 38.3. The fourth-order valence-corrected chi connectivity index (χ4v) is 19.2. The molecule has 2 saturated heterocycles. The van der Waals surface area contributed by atoms with Crippen LogP contribution in [0.2, 0.25) is 10.0 Å². The van der Waals surface area contributed by atoms with Crippen molar-refractivity contribution < 1.29 is 68.8 Å². The lowest BCUT2D eigenvalue weighted by atomic mass is 9.45. The number of nitrogens with zero attached hydrogens (tertiary/aromatic N) is 4. The third kappa shape index (κ3) is 19.3. The predicted molar refractivity (Wildman–Crippen MR) is 434 cm³/mol. The molecule has 6 saturated carbocycles. The lowest BCUT2D eigenvalue weighted by molar-refractivity contribution is -0.183. The molecule has 14 rings (SSSR count). The molecule has 4 bridgehead atoms. The molecule has 2 heterocycles. The normalized spacial score (nSPS) is 26.0. The van der Waals surface area contributed by atoms with Gasteiger partial charge in [0.25, 0.3) is 11.8 Å². The Balaban J connectivity index is 0.000000193. The van der Waals surface area contributed by atoms with Gasteiger partial charge in [-0.3, -0.25) is 28.9 Å². The number of nitrogens with one attached hydrogen (secondary N) is 4. The van der Waals surface area contributed by atoms with Crippen LogP contribution in [0.25, 0.3) is 11.1 Å². The fraction of sp³-hybridized carbons (Fsp3) is 0.524. The van der Waals surface area contributed by atoms with Crippen LogP contribution in [0.4, 0.5) is 11.4 Å². The molecule has 110 heavy (non-hydrogen) atoms. The van der Waals surface area contributed by atoms with Crippen LogP contribution in [0.3, 0.4) is 0 Å². The highest BCUT2D eigenvalue weighted by Crippen LogP contribution is 2.62. The van der Waals surface area contributed by atoms with E-state index in [-0.39, 0.29) is 67.4 Å². The van der Waals surface area contributed by atoms with E-state index in [4.69, 9.17) is 42.4 Å². The van der Waals surface area contributed by atoms with Crippen molar-refractivity contribution in [3.63, 3.8) is 0 Å². The number of hydrogen-bond acceptors (Lipinski definition) is 18. The van der Waals surface area contributed by atoms with Crippen molar-refractivity contribution in [3.8, 4) is 22.6 Å². The minimum atomic E-state index is -1.61. The van der Waals surface area contributed by atoms with E-state index in [0.717, 1.165) is 52.9 Å². The maximum Gasteiger partial charge on any atom is 0.488 e. The quantitative estimate of drug-likeness (QED) is 0.0226. The Morgan fingerprint density at radius 2 is 1.02 bits per heavy atom. The summed E-state index contributed by atoms with van der Waals surface area (Å²) in [4.78, 5) is 69.8. The van der Waals surface area contributed by atoms with Crippen molar-refractivity contribution in [2.75, 3.05) is 78.5 Å². The minimum absolute atomic E-state index is 0.0185. The molecule has 16 atom stereocenters. The minimum Gasteiger partial charge on any atom is -0.496 e. The lowest BCUT2D eigenvalue weighted by Crippen LogP contribution is -2.62. The molecule has 6 aromatic rings. The average Bonchev–Trinajstić information content (AvgIpc) is 1.05. The number of anilines is 2. The van der Waals surface area contributed by atoms with Crippen molar-refractivity contribution >= 4 is 86.7 Å². The topological polar surface area (TPSA) is 288 Å². The van der Waals surface area contributed by atoms with Crippen LogP contribution in [0.5, 0.6) is 11.5 Å². The molecular formula is C84H112BBrCl2N8O14. The number of aliphatic hydroxyl groups is 4. The summed E-state index contributed by atoms with van der Waals surface area (Å²) in [5.41, 5.74) is 8.42. The molecule has 22 nitrogen and oxygen atoms in total. The molecule has 596 valence electrons. The summed E-state index contributed by atoms with van der Waals surface area (Å²) in [6.45, 7) is 17.7. The molecule has 6 aromatic carbocycles. The zero-order valence-electron chi connectivity index (χ0n) is 65.7. The SMILES string of the molecule is CN(C)c1cc(B(O)O)cc(C(=O)NCCc2ccccc2)c1.COc1c(Br)cc(Cl)cc1CN1O[C@@H](CO)[C@@H]([C@H](C)O)[C@H]1C(=O)N[C@H]1C[C@H]2C[C@@H]([C@@H]1C)C2(C)C.COc1c(CN2O[C@@H](CO)[C@@H]([C@H](C)O)[C@H]2C(=O)N[C@H]2C[C@H]3C[C@@H]([C@@H]2C)C3(C)C)cc(Cl)cc1-c1cc(C(=O)NCCc2ccccc2)cc(N(C)C)c1. The fourth-order valence-electron chi connectivity index (χ4n) is 18.0. The van der Waals surface area contributed by atoms with Crippen molar-refractivity contribution in [2.24, 2.45) is 58.2 Å². The van der Waals surface area contributed by atoms with Gasteiger partial charge in [0.2, 0.25) is 11.8 Å². The van der Waals surface area contributed by atoms with Gasteiger partial charge in [0.1, 0.15) is 35.8 Å². The maximum atomic E-state index is 14.3. The smallest absolute Gasteiger partial charge is 0.488 e. The molecule has 0 radical (unpaired) electrons. The van der Waals surface area contributed by atoms with Gasteiger partial charge in [0, 0.05) is 114 Å². The Morgan fingerprint density at radius 1 is 0.600 bits per heavy atom. The van der Waals surface area contributed by atoms with Gasteiger partial charge in [-0.15, -0.1) is 0 Å². The van der Waals surface area contributed by atoms with Gasteiger partial charge >= 0.3 is 7.12 Å². The Hall–Kier alpha value is -6.88. The number of aliphatic hydroxyl groups excluding tert-OH is 4. The number of hydroxylamine groups is 4. The van der Waals surface area contributed by atoms with Gasteiger partial charge in [0.05, 0.1) is 57.2 Å². The Bertz CT molecular complexity index is 4140. The highest BCUT2D eigenvalue weighted by molar-refractivity contribution is 9.10. The van der Waals surface area contributed by atoms with Crippen LogP contribution in [0, 0.1) is 58.2 Å². The molecule has 8 fully saturated rings. The van der Waals surface area contributed by atoms with Gasteiger partial charge in [-0.2, -0.15) is 10.1 Å². The van der Waals surface area contributed by atoms with Crippen molar-refractivity contribution in [1.82, 2.24) is 31.4 Å². The van der Waals surface area contributed by atoms with Crippen LogP contribution >= 0.6 is 39.1 Å². The zero-order valence-corrected chi connectivity index (χ0v) is 68.8. The number of fused-ring (bicyclic) bond motifs is 4. The monoisotopic (exact) mass is 1620 g/mol. The average molecular weight is 1620 g/mol. The number of carbonyl (C=O) groups is 4. The number of halogens is 3. The molecule has 10 N–H and O–H groups in total. The number of rotatable bonds is 26. The lowest BCUT2D eigenvalue weighted by Gasteiger charge is -2.62. The molecule has 0 spiro atoms. The number of amides is 4. The number of benzene rings is 6. The Kier molecular flexibility index (Phi) is 28.7. The summed E-state index contributed by atoms with van der Waals surface area (Å²) in [7, 11) is 9.04. The highest BCUT2D eigenvalue weighted by Gasteiger charge is 2.59. The molecule has 4 amide bonds. The van der Waals surface area contributed by atoms with E-state index in [1.54, 1.807) is 74.6 Å². The molecule has 26 heteroatoms. The summed E-state index contributed by atoms with van der Waals surface area (Å²) < 4.78 is 12.3. The molecule has 0 unspecified atom stereocenters. The second kappa shape index (κ2) is 36.9. The van der Waals surface area contributed by atoms with E-state index in [9.17, 15) is 49.7 Å².